The molecule has 0 aliphatic carbocycles. The van der Waals surface area contributed by atoms with Gasteiger partial charge in [0.05, 0.1) is 0 Å². The number of benzene rings is 1. The number of aromatic nitrogens is 2. The molecule has 0 atom stereocenters. The van der Waals surface area contributed by atoms with Gasteiger partial charge in [-0.1, -0.05) is 6.07 Å². The van der Waals surface area contributed by atoms with Gasteiger partial charge in [0.25, 0.3) is 0 Å². The van der Waals surface area contributed by atoms with E-state index < -0.39 is 0 Å². The molecule has 5 heteroatoms. The summed E-state index contributed by atoms with van der Waals surface area (Å²) < 4.78 is 12.9. The lowest BCUT2D eigenvalue weighted by molar-refractivity contribution is 0.111. The largest absolute Gasteiger partial charge is 0.486 e. The molecule has 1 aromatic carbocycles. The number of aldehydes is 1. The normalized spacial score (nSPS) is 13.3. The maximum absolute atomic E-state index is 11.4. The number of imidazole rings is 1. The van der Waals surface area contributed by atoms with Gasteiger partial charge < -0.3 is 9.47 Å². The van der Waals surface area contributed by atoms with Crippen molar-refractivity contribution in [2.45, 2.75) is 0 Å². The highest BCUT2D eigenvalue weighted by Crippen LogP contribution is 2.35. The first kappa shape index (κ1) is 12.0. The molecule has 0 saturated heterocycles. The quantitative estimate of drug-likeness (QED) is 0.677. The fourth-order valence-electron chi connectivity index (χ4n) is 2.53. The Morgan fingerprint density at radius 1 is 1.10 bits per heavy atom. The second kappa shape index (κ2) is 4.63. The average Bonchev–Trinajstić information content (AvgIpc) is 2.93. The summed E-state index contributed by atoms with van der Waals surface area (Å²) in [6, 6.07) is 11.2. The van der Waals surface area contributed by atoms with Crippen molar-refractivity contribution in [3.8, 4) is 22.8 Å². The third-order valence-electron chi connectivity index (χ3n) is 3.49. The molecule has 0 saturated carbocycles. The minimum Gasteiger partial charge on any atom is -0.486 e. The molecular formula is C16H12N2O3. The lowest BCUT2D eigenvalue weighted by atomic mass is 10.1. The van der Waals surface area contributed by atoms with Crippen LogP contribution in [0.3, 0.4) is 0 Å². The molecule has 3 heterocycles. The minimum absolute atomic E-state index is 0.530. The summed E-state index contributed by atoms with van der Waals surface area (Å²) in [5.41, 5.74) is 2.75. The van der Waals surface area contributed by atoms with Gasteiger partial charge in [-0.25, -0.2) is 4.98 Å². The Balaban J connectivity index is 1.91. The smallest absolute Gasteiger partial charge is 0.169 e. The van der Waals surface area contributed by atoms with E-state index >= 15 is 0 Å². The molecule has 0 N–H and O–H groups in total. The Labute approximate surface area is 120 Å². The van der Waals surface area contributed by atoms with Crippen molar-refractivity contribution in [1.29, 1.82) is 0 Å². The van der Waals surface area contributed by atoms with Crippen molar-refractivity contribution in [3.05, 3.63) is 48.3 Å². The fraction of sp³-hybridized carbons (Fsp3) is 0.125. The van der Waals surface area contributed by atoms with E-state index in [0.717, 1.165) is 23.2 Å². The fourth-order valence-corrected chi connectivity index (χ4v) is 2.53. The van der Waals surface area contributed by atoms with Crippen LogP contribution in [0.4, 0.5) is 0 Å². The molecule has 3 aromatic rings. The van der Waals surface area contributed by atoms with Gasteiger partial charge in [-0.2, -0.15) is 0 Å². The van der Waals surface area contributed by atoms with E-state index in [4.69, 9.17) is 9.47 Å². The van der Waals surface area contributed by atoms with E-state index in [0.29, 0.717) is 30.4 Å². The molecule has 104 valence electrons. The molecule has 0 fully saturated rings. The van der Waals surface area contributed by atoms with Crippen molar-refractivity contribution < 1.29 is 14.3 Å². The van der Waals surface area contributed by atoms with Gasteiger partial charge in [-0.15, -0.1) is 0 Å². The zero-order valence-corrected chi connectivity index (χ0v) is 11.2. The standard InChI is InChI=1S/C16H12N2O3/c19-10-12-16(17-15-3-1-2-6-18(12)15)11-4-5-13-14(9-11)21-8-7-20-13/h1-6,9-10H,7-8H2. The molecule has 0 bridgehead atoms. The van der Waals surface area contributed by atoms with Crippen LogP contribution in [0, 0.1) is 0 Å². The topological polar surface area (TPSA) is 52.8 Å². The zero-order chi connectivity index (χ0) is 14.2. The third-order valence-corrected chi connectivity index (χ3v) is 3.49. The van der Waals surface area contributed by atoms with E-state index in [1.54, 1.807) is 4.40 Å². The van der Waals surface area contributed by atoms with Crippen molar-refractivity contribution in [1.82, 2.24) is 9.38 Å². The lowest BCUT2D eigenvalue weighted by Gasteiger charge is -2.18. The van der Waals surface area contributed by atoms with E-state index in [-0.39, 0.29) is 0 Å². The lowest BCUT2D eigenvalue weighted by Crippen LogP contribution is -2.15. The summed E-state index contributed by atoms with van der Waals surface area (Å²) in [4.78, 5) is 16.0. The van der Waals surface area contributed by atoms with E-state index in [2.05, 4.69) is 4.98 Å². The maximum atomic E-state index is 11.4. The molecule has 21 heavy (non-hydrogen) atoms. The van der Waals surface area contributed by atoms with Gasteiger partial charge in [0.2, 0.25) is 0 Å². The monoisotopic (exact) mass is 280 g/mol. The molecule has 0 spiro atoms. The highest BCUT2D eigenvalue weighted by atomic mass is 16.6. The zero-order valence-electron chi connectivity index (χ0n) is 11.2. The maximum Gasteiger partial charge on any atom is 0.169 e. The summed E-state index contributed by atoms with van der Waals surface area (Å²) >= 11 is 0. The van der Waals surface area contributed by atoms with Gasteiger partial charge in [-0.05, 0) is 30.3 Å². The predicted octanol–water partition coefficient (Wildman–Crippen LogP) is 2.58. The molecule has 1 aliphatic heterocycles. The minimum atomic E-state index is 0.530. The van der Waals surface area contributed by atoms with Crippen LogP contribution in [-0.4, -0.2) is 28.9 Å². The number of fused-ring (bicyclic) bond motifs is 2. The van der Waals surface area contributed by atoms with Gasteiger partial charge >= 0.3 is 0 Å². The summed E-state index contributed by atoms with van der Waals surface area (Å²) in [6.45, 7) is 1.09. The number of hydrogen-bond donors (Lipinski definition) is 0. The first-order chi connectivity index (χ1) is 10.4. The molecule has 2 aromatic heterocycles. The van der Waals surface area contributed by atoms with E-state index in [1.807, 2.05) is 42.6 Å². The van der Waals surface area contributed by atoms with Crippen LogP contribution in [0.1, 0.15) is 10.5 Å². The molecule has 1 aliphatic rings. The number of carbonyl (C=O) groups is 1. The number of pyridine rings is 1. The number of rotatable bonds is 2. The second-order valence-corrected chi connectivity index (χ2v) is 4.75. The Hall–Kier alpha value is -2.82. The van der Waals surface area contributed by atoms with Crippen LogP contribution in [0.25, 0.3) is 16.9 Å². The number of carbonyl (C=O) groups excluding carboxylic acids is 1. The van der Waals surface area contributed by atoms with Crippen molar-refractivity contribution in [3.63, 3.8) is 0 Å². The SMILES string of the molecule is O=Cc1c(-c2ccc3c(c2)OCCO3)nc2ccccn12. The molecular weight excluding hydrogens is 268 g/mol. The first-order valence-corrected chi connectivity index (χ1v) is 6.69. The van der Waals surface area contributed by atoms with Crippen LogP contribution >= 0.6 is 0 Å². The highest BCUT2D eigenvalue weighted by Gasteiger charge is 2.17. The van der Waals surface area contributed by atoms with Gasteiger partial charge in [0, 0.05) is 11.8 Å². The average molecular weight is 280 g/mol. The third kappa shape index (κ3) is 1.86. The van der Waals surface area contributed by atoms with E-state index in [9.17, 15) is 4.79 Å². The Morgan fingerprint density at radius 3 is 2.81 bits per heavy atom. The van der Waals surface area contributed by atoms with Crippen LogP contribution in [0.5, 0.6) is 11.5 Å². The first-order valence-electron chi connectivity index (χ1n) is 6.69. The number of nitrogens with zero attached hydrogens (tertiary/aromatic N) is 2. The summed E-state index contributed by atoms with van der Waals surface area (Å²) in [5, 5.41) is 0. The Morgan fingerprint density at radius 2 is 1.95 bits per heavy atom. The summed E-state index contributed by atoms with van der Waals surface area (Å²) in [5.74, 6) is 1.41. The molecule has 0 unspecified atom stereocenters. The van der Waals surface area contributed by atoms with Crippen LogP contribution in [0.2, 0.25) is 0 Å². The molecule has 0 amide bonds. The molecule has 4 rings (SSSR count). The molecule has 5 nitrogen and oxygen atoms in total. The van der Waals surface area contributed by atoms with Crippen molar-refractivity contribution >= 4 is 11.9 Å². The van der Waals surface area contributed by atoms with Gasteiger partial charge in [0.15, 0.2) is 17.8 Å². The van der Waals surface area contributed by atoms with Crippen LogP contribution in [-0.2, 0) is 0 Å². The van der Waals surface area contributed by atoms with E-state index in [1.165, 1.54) is 0 Å². The molecule has 0 radical (unpaired) electrons. The van der Waals surface area contributed by atoms with Crippen LogP contribution in [0.15, 0.2) is 42.6 Å². The van der Waals surface area contributed by atoms with Crippen LogP contribution < -0.4 is 9.47 Å². The summed E-state index contributed by atoms with van der Waals surface area (Å²) in [6.07, 6.45) is 2.65. The number of hydrogen-bond acceptors (Lipinski definition) is 4. The van der Waals surface area contributed by atoms with Gasteiger partial charge in [0.1, 0.15) is 30.2 Å². The number of ether oxygens (including phenoxy) is 2. The van der Waals surface area contributed by atoms with Crippen molar-refractivity contribution in [2.75, 3.05) is 13.2 Å². The van der Waals surface area contributed by atoms with Gasteiger partial charge in [-0.3, -0.25) is 9.20 Å². The predicted molar refractivity (Wildman–Crippen MR) is 77.0 cm³/mol. The Bertz CT molecular complexity index is 839. The highest BCUT2D eigenvalue weighted by molar-refractivity contribution is 5.86. The second-order valence-electron chi connectivity index (χ2n) is 4.75. The van der Waals surface area contributed by atoms with Crippen molar-refractivity contribution in [2.24, 2.45) is 0 Å². The Kier molecular flexibility index (Phi) is 2.64. The summed E-state index contributed by atoms with van der Waals surface area (Å²) in [7, 11) is 0.